The Balaban J connectivity index is 2.75. The van der Waals surface area contributed by atoms with Gasteiger partial charge in [-0.3, -0.25) is 0 Å². The summed E-state index contributed by atoms with van der Waals surface area (Å²) in [6.07, 6.45) is 1.16. The minimum Gasteiger partial charge on any atom is -0.380 e. The number of likely N-dealkylation sites (N-methyl/N-ethyl adjacent to an activating group) is 1. The van der Waals surface area contributed by atoms with Gasteiger partial charge in [-0.2, -0.15) is 0 Å². The van der Waals surface area contributed by atoms with Crippen LogP contribution in [0.3, 0.4) is 0 Å². The van der Waals surface area contributed by atoms with Crippen LogP contribution in [0.5, 0.6) is 0 Å². The summed E-state index contributed by atoms with van der Waals surface area (Å²) >= 11 is 3.72. The molecule has 0 aliphatic rings. The molecule has 0 fully saturated rings. The summed E-state index contributed by atoms with van der Waals surface area (Å²) in [6, 6.07) is 7.04. The van der Waals surface area contributed by atoms with Gasteiger partial charge in [-0.15, -0.1) is 0 Å². The molecule has 0 radical (unpaired) electrons. The maximum atomic E-state index is 5.47. The summed E-state index contributed by atoms with van der Waals surface area (Å²) in [5.41, 5.74) is 2.56. The van der Waals surface area contributed by atoms with Crippen molar-refractivity contribution in [2.24, 2.45) is 0 Å². The number of halogens is 1. The van der Waals surface area contributed by atoms with Crippen LogP contribution >= 0.6 is 15.9 Å². The second-order valence-corrected chi connectivity index (χ2v) is 6.02. The van der Waals surface area contributed by atoms with Gasteiger partial charge in [0.05, 0.1) is 12.3 Å². The lowest BCUT2D eigenvalue weighted by atomic mass is 10.1. The fourth-order valence-electron chi connectivity index (χ4n) is 2.30. The first-order valence-corrected chi connectivity index (χ1v) is 8.78. The highest BCUT2D eigenvalue weighted by Gasteiger charge is 2.11. The number of benzene rings is 1. The number of hydrogen-bond acceptors (Lipinski definition) is 3. The van der Waals surface area contributed by atoms with E-state index in [1.807, 2.05) is 6.92 Å². The Kier molecular flexibility index (Phi) is 8.97. The normalized spacial score (nSPS) is 12.4. The summed E-state index contributed by atoms with van der Waals surface area (Å²) in [5, 5.41) is 3.53. The molecule has 120 valence electrons. The second-order valence-electron chi connectivity index (χ2n) is 5.16. The first-order valence-electron chi connectivity index (χ1n) is 7.99. The smallest absolute Gasteiger partial charge is 0.0641 e. The van der Waals surface area contributed by atoms with Gasteiger partial charge in [-0.1, -0.05) is 13.0 Å². The van der Waals surface area contributed by atoms with Gasteiger partial charge < -0.3 is 15.0 Å². The third-order valence-electron chi connectivity index (χ3n) is 3.60. The van der Waals surface area contributed by atoms with Crippen molar-refractivity contribution < 1.29 is 4.74 Å². The summed E-state index contributed by atoms with van der Waals surface area (Å²) in [7, 11) is 0. The Morgan fingerprint density at radius 2 is 2.05 bits per heavy atom. The van der Waals surface area contributed by atoms with Crippen LogP contribution in [0, 0.1) is 0 Å². The minimum absolute atomic E-state index is 0.383. The Hall–Kier alpha value is -0.580. The molecule has 0 heterocycles. The Labute approximate surface area is 138 Å². The van der Waals surface area contributed by atoms with Gasteiger partial charge in [-0.05, 0) is 67.4 Å². The quantitative estimate of drug-likeness (QED) is 0.629. The molecule has 0 bridgehead atoms. The molecule has 1 aromatic rings. The molecule has 0 spiro atoms. The zero-order valence-corrected chi connectivity index (χ0v) is 15.4. The van der Waals surface area contributed by atoms with Gasteiger partial charge >= 0.3 is 0 Å². The van der Waals surface area contributed by atoms with Crippen molar-refractivity contribution in [3.05, 3.63) is 28.2 Å². The van der Waals surface area contributed by atoms with E-state index in [4.69, 9.17) is 4.74 Å². The van der Waals surface area contributed by atoms with E-state index in [1.54, 1.807) is 0 Å². The van der Waals surface area contributed by atoms with Crippen molar-refractivity contribution in [2.45, 2.75) is 40.2 Å². The lowest BCUT2D eigenvalue weighted by molar-refractivity contribution is 0.154. The molecule has 0 aliphatic heterocycles. The zero-order chi connectivity index (χ0) is 15.7. The molecular formula is C17H29BrN2O. The van der Waals surface area contributed by atoms with E-state index >= 15 is 0 Å². The second kappa shape index (κ2) is 10.2. The van der Waals surface area contributed by atoms with Crippen molar-refractivity contribution in [3.63, 3.8) is 0 Å². The molecule has 3 nitrogen and oxygen atoms in total. The highest BCUT2D eigenvalue weighted by Crippen LogP contribution is 2.29. The first kappa shape index (κ1) is 18.5. The standard InChI is InChI=1S/C17H29BrN2O/c1-5-10-19-14(4)15-8-9-17(16(18)13-15)20(6-2)11-12-21-7-3/h8-9,13-14,19H,5-7,10-12H2,1-4H3. The highest BCUT2D eigenvalue weighted by atomic mass is 79.9. The number of ether oxygens (including phenoxy) is 1. The Morgan fingerprint density at radius 3 is 2.62 bits per heavy atom. The predicted octanol–water partition coefficient (Wildman–Crippen LogP) is 4.37. The van der Waals surface area contributed by atoms with Gasteiger partial charge in [0.25, 0.3) is 0 Å². The van der Waals surface area contributed by atoms with E-state index in [2.05, 4.69) is 65.1 Å². The predicted molar refractivity (Wildman–Crippen MR) is 95.2 cm³/mol. The number of nitrogens with one attached hydrogen (secondary N) is 1. The topological polar surface area (TPSA) is 24.5 Å². The summed E-state index contributed by atoms with van der Waals surface area (Å²) in [5.74, 6) is 0. The minimum atomic E-state index is 0.383. The van der Waals surface area contributed by atoms with Gasteiger partial charge in [0.2, 0.25) is 0 Å². The third-order valence-corrected chi connectivity index (χ3v) is 4.24. The maximum absolute atomic E-state index is 5.47. The van der Waals surface area contributed by atoms with Crippen molar-refractivity contribution in [1.82, 2.24) is 5.32 Å². The van der Waals surface area contributed by atoms with Gasteiger partial charge in [0, 0.05) is 30.2 Å². The summed E-state index contributed by atoms with van der Waals surface area (Å²) in [4.78, 5) is 2.34. The molecule has 0 saturated heterocycles. The van der Waals surface area contributed by atoms with Crippen LogP contribution in [0.2, 0.25) is 0 Å². The Morgan fingerprint density at radius 1 is 1.29 bits per heavy atom. The van der Waals surface area contributed by atoms with Crippen LogP contribution in [-0.2, 0) is 4.74 Å². The van der Waals surface area contributed by atoms with Crippen molar-refractivity contribution in [2.75, 3.05) is 37.7 Å². The number of rotatable bonds is 10. The fourth-order valence-corrected chi connectivity index (χ4v) is 2.94. The van der Waals surface area contributed by atoms with Gasteiger partial charge in [-0.25, -0.2) is 0 Å². The highest BCUT2D eigenvalue weighted by molar-refractivity contribution is 9.10. The van der Waals surface area contributed by atoms with Crippen LogP contribution in [0.25, 0.3) is 0 Å². The van der Waals surface area contributed by atoms with E-state index in [-0.39, 0.29) is 0 Å². The summed E-state index contributed by atoms with van der Waals surface area (Å²) < 4.78 is 6.62. The van der Waals surface area contributed by atoms with Crippen molar-refractivity contribution >= 4 is 21.6 Å². The van der Waals surface area contributed by atoms with E-state index in [0.29, 0.717) is 6.04 Å². The number of nitrogens with zero attached hydrogens (tertiary/aromatic N) is 1. The lowest BCUT2D eigenvalue weighted by Crippen LogP contribution is -2.27. The number of hydrogen-bond donors (Lipinski definition) is 1. The van der Waals surface area contributed by atoms with Crippen LogP contribution in [0.4, 0.5) is 5.69 Å². The molecule has 1 atom stereocenters. The summed E-state index contributed by atoms with van der Waals surface area (Å²) in [6.45, 7) is 13.1. The molecule has 1 rings (SSSR count). The average molecular weight is 357 g/mol. The molecular weight excluding hydrogens is 328 g/mol. The molecule has 0 aliphatic carbocycles. The maximum Gasteiger partial charge on any atom is 0.0641 e. The van der Waals surface area contributed by atoms with Crippen molar-refractivity contribution in [1.29, 1.82) is 0 Å². The molecule has 1 N–H and O–H groups in total. The van der Waals surface area contributed by atoms with Crippen LogP contribution < -0.4 is 10.2 Å². The molecule has 0 saturated carbocycles. The average Bonchev–Trinajstić information content (AvgIpc) is 2.49. The van der Waals surface area contributed by atoms with Gasteiger partial charge in [0.1, 0.15) is 0 Å². The van der Waals surface area contributed by atoms with Crippen LogP contribution in [-0.4, -0.2) is 32.8 Å². The first-order chi connectivity index (χ1) is 10.1. The fraction of sp³-hybridized carbons (Fsp3) is 0.647. The van der Waals surface area contributed by atoms with Crippen LogP contribution in [0.15, 0.2) is 22.7 Å². The molecule has 1 unspecified atom stereocenters. The van der Waals surface area contributed by atoms with Gasteiger partial charge in [0.15, 0.2) is 0 Å². The lowest BCUT2D eigenvalue weighted by Gasteiger charge is -2.25. The van der Waals surface area contributed by atoms with E-state index in [0.717, 1.165) is 43.7 Å². The molecule has 4 heteroatoms. The van der Waals surface area contributed by atoms with E-state index < -0.39 is 0 Å². The molecule has 0 aromatic heterocycles. The molecule has 0 amide bonds. The van der Waals surface area contributed by atoms with E-state index in [9.17, 15) is 0 Å². The van der Waals surface area contributed by atoms with Crippen molar-refractivity contribution in [3.8, 4) is 0 Å². The molecule has 1 aromatic carbocycles. The largest absolute Gasteiger partial charge is 0.380 e. The monoisotopic (exact) mass is 356 g/mol. The Bertz CT molecular complexity index is 412. The van der Waals surface area contributed by atoms with E-state index in [1.165, 1.54) is 11.3 Å². The molecule has 21 heavy (non-hydrogen) atoms. The zero-order valence-electron chi connectivity index (χ0n) is 13.8. The third kappa shape index (κ3) is 5.97. The number of anilines is 1. The SMILES string of the molecule is CCCNC(C)c1ccc(N(CC)CCOCC)c(Br)c1. The van der Waals surface area contributed by atoms with Crippen LogP contribution in [0.1, 0.15) is 45.7 Å².